The molecule has 0 bridgehead atoms. The van der Waals surface area contributed by atoms with Crippen molar-refractivity contribution < 1.29 is 14.6 Å². The highest BCUT2D eigenvalue weighted by atomic mass is 32.2. The summed E-state index contributed by atoms with van der Waals surface area (Å²) in [7, 11) is 1.49. The minimum atomic E-state index is -0.413. The Kier molecular flexibility index (Phi) is 5.39. The van der Waals surface area contributed by atoms with Gasteiger partial charge in [0, 0.05) is 22.7 Å². The normalized spacial score (nSPS) is 11.2. The van der Waals surface area contributed by atoms with E-state index in [4.69, 9.17) is 9.72 Å². The van der Waals surface area contributed by atoms with E-state index < -0.39 is 5.78 Å². The largest absolute Gasteiger partial charge is 0.507 e. The first-order chi connectivity index (χ1) is 16.0. The van der Waals surface area contributed by atoms with Gasteiger partial charge in [0.1, 0.15) is 16.3 Å². The quantitative estimate of drug-likeness (QED) is 0.277. The van der Waals surface area contributed by atoms with E-state index in [9.17, 15) is 14.7 Å². The number of nitrogens with zero attached hydrogens (tertiary/aromatic N) is 2. The van der Waals surface area contributed by atoms with E-state index in [2.05, 4.69) is 0 Å². The van der Waals surface area contributed by atoms with Gasteiger partial charge in [-0.1, -0.05) is 30.3 Å². The number of rotatable bonds is 5. The van der Waals surface area contributed by atoms with Crippen LogP contribution in [0.2, 0.25) is 0 Å². The number of ketones is 1. The standard InChI is InChI=1S/C25H18N2O4S2/c1-31-16-8-9-19(28)17(11-16)22(29)15-10-20(32-2)23-26-24-21(25(30)27(23)12-15)18(13-33-24)14-6-4-3-5-7-14/h3-13,28H,1-2H3. The average molecular weight is 475 g/mol. The second kappa shape index (κ2) is 8.38. The molecule has 0 fully saturated rings. The van der Waals surface area contributed by atoms with Crippen LogP contribution in [0.1, 0.15) is 15.9 Å². The first-order valence-corrected chi connectivity index (χ1v) is 12.1. The van der Waals surface area contributed by atoms with Crippen molar-refractivity contribution in [2.75, 3.05) is 13.4 Å². The van der Waals surface area contributed by atoms with E-state index in [1.165, 1.54) is 52.9 Å². The van der Waals surface area contributed by atoms with Gasteiger partial charge >= 0.3 is 0 Å². The summed E-state index contributed by atoms with van der Waals surface area (Å²) in [6.07, 6.45) is 3.37. The lowest BCUT2D eigenvalue weighted by Gasteiger charge is -2.11. The van der Waals surface area contributed by atoms with Crippen molar-refractivity contribution in [3.63, 3.8) is 0 Å². The van der Waals surface area contributed by atoms with E-state index in [0.29, 0.717) is 26.5 Å². The summed E-state index contributed by atoms with van der Waals surface area (Å²) >= 11 is 2.82. The fraction of sp³-hybridized carbons (Fsp3) is 0.0800. The Morgan fingerprint density at radius 1 is 1.15 bits per heavy atom. The summed E-state index contributed by atoms with van der Waals surface area (Å²) in [5.41, 5.74) is 2.37. The number of hydrogen-bond donors (Lipinski definition) is 1. The van der Waals surface area contributed by atoms with Crippen LogP contribution in [0.25, 0.3) is 27.0 Å². The zero-order valence-electron chi connectivity index (χ0n) is 17.7. The highest BCUT2D eigenvalue weighted by Gasteiger charge is 2.20. The predicted molar refractivity (Wildman–Crippen MR) is 132 cm³/mol. The van der Waals surface area contributed by atoms with Crippen LogP contribution in [0.5, 0.6) is 11.5 Å². The van der Waals surface area contributed by atoms with Crippen LogP contribution in [0.3, 0.4) is 0 Å². The molecule has 33 heavy (non-hydrogen) atoms. The maximum atomic E-state index is 13.6. The minimum Gasteiger partial charge on any atom is -0.507 e. The molecule has 2 aromatic carbocycles. The fourth-order valence-electron chi connectivity index (χ4n) is 3.76. The molecule has 5 rings (SSSR count). The van der Waals surface area contributed by atoms with E-state index in [1.54, 1.807) is 12.1 Å². The average Bonchev–Trinajstić information content (AvgIpc) is 3.28. The molecule has 0 aliphatic carbocycles. The van der Waals surface area contributed by atoms with Crippen molar-refractivity contribution in [1.29, 1.82) is 0 Å². The number of benzene rings is 2. The molecule has 6 nitrogen and oxygen atoms in total. The molecule has 0 saturated heterocycles. The Hall–Kier alpha value is -3.62. The lowest BCUT2D eigenvalue weighted by molar-refractivity contribution is 0.103. The first kappa shape index (κ1) is 21.2. The number of pyridine rings is 1. The summed E-state index contributed by atoms with van der Waals surface area (Å²) in [5.74, 6) is -0.116. The van der Waals surface area contributed by atoms with Crippen molar-refractivity contribution in [2.45, 2.75) is 4.90 Å². The SMILES string of the molecule is COc1ccc(O)c(C(=O)c2cc(SC)c3nc4scc(-c5ccccc5)c4c(=O)n3c2)c1. The summed E-state index contributed by atoms with van der Waals surface area (Å²) in [6.45, 7) is 0. The third-order valence-corrected chi connectivity index (χ3v) is 7.04. The number of carbonyl (C=O) groups is 1. The number of carbonyl (C=O) groups excluding carboxylic acids is 1. The van der Waals surface area contributed by atoms with Gasteiger partial charge in [-0.25, -0.2) is 4.98 Å². The Morgan fingerprint density at radius 2 is 1.94 bits per heavy atom. The molecular formula is C25H18N2O4S2. The molecule has 0 spiro atoms. The third-order valence-electron chi connectivity index (χ3n) is 5.43. The van der Waals surface area contributed by atoms with Crippen LogP contribution >= 0.6 is 23.1 Å². The number of ether oxygens (including phenoxy) is 1. The molecule has 0 amide bonds. The van der Waals surface area contributed by atoms with Crippen LogP contribution in [0.15, 0.2) is 75.9 Å². The van der Waals surface area contributed by atoms with Crippen molar-refractivity contribution in [1.82, 2.24) is 9.38 Å². The highest BCUT2D eigenvalue weighted by molar-refractivity contribution is 7.98. The van der Waals surface area contributed by atoms with E-state index in [-0.39, 0.29) is 22.4 Å². The van der Waals surface area contributed by atoms with Gasteiger partial charge < -0.3 is 9.84 Å². The summed E-state index contributed by atoms with van der Waals surface area (Å²) < 4.78 is 6.62. The summed E-state index contributed by atoms with van der Waals surface area (Å²) in [5, 5.41) is 12.7. The highest BCUT2D eigenvalue weighted by Crippen LogP contribution is 2.33. The molecule has 0 radical (unpaired) electrons. The second-order valence-corrected chi connectivity index (χ2v) is 9.02. The minimum absolute atomic E-state index is 0.100. The molecule has 3 aromatic heterocycles. The van der Waals surface area contributed by atoms with Gasteiger partial charge in [-0.05, 0) is 36.1 Å². The molecule has 0 aliphatic heterocycles. The number of thiophene rings is 1. The number of phenols is 1. The molecule has 8 heteroatoms. The van der Waals surface area contributed by atoms with Gasteiger partial charge in [0.2, 0.25) is 0 Å². The van der Waals surface area contributed by atoms with Crippen molar-refractivity contribution in [3.8, 4) is 22.6 Å². The maximum Gasteiger partial charge on any atom is 0.267 e. The molecule has 3 heterocycles. The van der Waals surface area contributed by atoms with Crippen LogP contribution in [0.4, 0.5) is 0 Å². The zero-order valence-corrected chi connectivity index (χ0v) is 19.4. The van der Waals surface area contributed by atoms with Crippen molar-refractivity contribution >= 4 is 44.7 Å². The lowest BCUT2D eigenvalue weighted by atomic mass is 10.0. The van der Waals surface area contributed by atoms with Gasteiger partial charge in [0.25, 0.3) is 5.56 Å². The van der Waals surface area contributed by atoms with Gasteiger partial charge in [0.05, 0.1) is 23.0 Å². The number of thioether (sulfide) groups is 1. The number of phenolic OH excluding ortho intramolecular Hbond substituents is 1. The van der Waals surface area contributed by atoms with E-state index in [0.717, 1.165) is 11.1 Å². The zero-order chi connectivity index (χ0) is 23.1. The summed E-state index contributed by atoms with van der Waals surface area (Å²) in [6, 6.07) is 15.9. The molecular weight excluding hydrogens is 456 g/mol. The van der Waals surface area contributed by atoms with E-state index in [1.807, 2.05) is 42.0 Å². The Balaban J connectivity index is 1.76. The van der Waals surface area contributed by atoms with Gasteiger partial charge in [-0.3, -0.25) is 14.0 Å². The third kappa shape index (κ3) is 3.57. The number of methoxy groups -OCH3 is 1. The Labute approximate surface area is 197 Å². The predicted octanol–water partition coefficient (Wildman–Crippen LogP) is 5.24. The molecule has 0 unspecified atom stereocenters. The van der Waals surface area contributed by atoms with Gasteiger partial charge in [0.15, 0.2) is 11.4 Å². The Morgan fingerprint density at radius 3 is 2.67 bits per heavy atom. The number of hydrogen-bond acceptors (Lipinski definition) is 7. The fourth-order valence-corrected chi connectivity index (χ4v) is 5.27. The van der Waals surface area contributed by atoms with Crippen LogP contribution in [-0.4, -0.2) is 33.6 Å². The number of aromatic nitrogens is 2. The molecule has 0 aliphatic rings. The molecule has 0 saturated carbocycles. The smallest absolute Gasteiger partial charge is 0.267 e. The van der Waals surface area contributed by atoms with Crippen LogP contribution in [-0.2, 0) is 0 Å². The lowest BCUT2D eigenvalue weighted by Crippen LogP contribution is -2.17. The number of aromatic hydroxyl groups is 1. The Bertz CT molecular complexity index is 1590. The molecule has 1 N–H and O–H groups in total. The monoisotopic (exact) mass is 474 g/mol. The van der Waals surface area contributed by atoms with Crippen LogP contribution in [0, 0.1) is 0 Å². The van der Waals surface area contributed by atoms with Crippen molar-refractivity contribution in [2.24, 2.45) is 0 Å². The first-order valence-electron chi connectivity index (χ1n) is 10.0. The van der Waals surface area contributed by atoms with E-state index >= 15 is 0 Å². The second-order valence-electron chi connectivity index (χ2n) is 7.32. The number of fused-ring (bicyclic) bond motifs is 2. The molecule has 0 atom stereocenters. The molecule has 164 valence electrons. The van der Waals surface area contributed by atoms with Crippen molar-refractivity contribution in [3.05, 3.63) is 87.7 Å². The van der Waals surface area contributed by atoms with Gasteiger partial charge in [-0.2, -0.15) is 0 Å². The van der Waals surface area contributed by atoms with Gasteiger partial charge in [-0.15, -0.1) is 23.1 Å². The summed E-state index contributed by atoms with van der Waals surface area (Å²) in [4.78, 5) is 33.0. The molecule has 5 aromatic rings. The topological polar surface area (TPSA) is 80.9 Å². The van der Waals surface area contributed by atoms with Crippen LogP contribution < -0.4 is 10.3 Å². The maximum absolute atomic E-state index is 13.6.